The Morgan fingerprint density at radius 2 is 1.95 bits per heavy atom. The smallest absolute Gasteiger partial charge is 0.311 e. The Balaban J connectivity index is 2.42. The van der Waals surface area contributed by atoms with Crippen LogP contribution in [-0.2, 0) is 5.33 Å². The quantitative estimate of drug-likeness (QED) is 0.470. The normalized spacial score (nSPS) is 10.2. The molecule has 0 aliphatic rings. The zero-order valence-corrected chi connectivity index (χ0v) is 11.9. The average molecular weight is 322 g/mol. The van der Waals surface area contributed by atoms with Gasteiger partial charge in [0.05, 0.1) is 4.92 Å². The maximum absolute atomic E-state index is 11.0. The van der Waals surface area contributed by atoms with Crippen LogP contribution in [0, 0.1) is 17.0 Å². The minimum atomic E-state index is -0.439. The molecule has 5 heteroatoms. The lowest BCUT2D eigenvalue weighted by atomic mass is 10.2. The van der Waals surface area contributed by atoms with Gasteiger partial charge in [0, 0.05) is 17.0 Å². The number of hydrogen-bond acceptors (Lipinski definition) is 3. The largest absolute Gasteiger partial charge is 0.450 e. The lowest BCUT2D eigenvalue weighted by Crippen LogP contribution is -1.95. The van der Waals surface area contributed by atoms with E-state index in [2.05, 4.69) is 15.9 Å². The fourth-order valence-corrected chi connectivity index (χ4v) is 2.15. The molecule has 0 amide bonds. The molecule has 0 atom stereocenters. The number of aryl methyl sites for hydroxylation is 1. The first-order valence-corrected chi connectivity index (χ1v) is 6.80. The van der Waals surface area contributed by atoms with Crippen LogP contribution in [0.25, 0.3) is 0 Å². The van der Waals surface area contributed by atoms with Crippen molar-refractivity contribution in [2.45, 2.75) is 12.3 Å². The highest BCUT2D eigenvalue weighted by molar-refractivity contribution is 9.08. The van der Waals surface area contributed by atoms with Gasteiger partial charge in [-0.05, 0) is 24.6 Å². The number of alkyl halides is 1. The predicted octanol–water partition coefficient (Wildman–Crippen LogP) is 4.59. The van der Waals surface area contributed by atoms with Crippen molar-refractivity contribution in [3.8, 4) is 11.5 Å². The van der Waals surface area contributed by atoms with Crippen LogP contribution in [0.4, 0.5) is 5.69 Å². The number of hydrogen-bond donors (Lipinski definition) is 0. The number of halogens is 1. The molecule has 2 aromatic rings. The molecule has 2 aromatic carbocycles. The summed E-state index contributed by atoms with van der Waals surface area (Å²) in [5, 5.41) is 11.6. The molecule has 0 aliphatic carbocycles. The molecule has 0 heterocycles. The molecule has 0 radical (unpaired) electrons. The minimum Gasteiger partial charge on any atom is -0.450 e. The van der Waals surface area contributed by atoms with Crippen molar-refractivity contribution in [1.82, 2.24) is 0 Å². The number of para-hydroxylation sites is 1. The third-order valence-electron chi connectivity index (χ3n) is 2.65. The summed E-state index contributed by atoms with van der Waals surface area (Å²) in [5.41, 5.74) is 1.82. The number of nitro benzene ring substituents is 1. The van der Waals surface area contributed by atoms with Crippen LogP contribution in [-0.4, -0.2) is 4.92 Å². The molecule has 4 nitrogen and oxygen atoms in total. The Morgan fingerprint density at radius 1 is 1.21 bits per heavy atom. The molecule has 0 unspecified atom stereocenters. The van der Waals surface area contributed by atoms with Crippen LogP contribution in [0.3, 0.4) is 0 Å². The number of ether oxygens (including phenoxy) is 1. The van der Waals surface area contributed by atoms with Gasteiger partial charge in [0.15, 0.2) is 0 Å². The first kappa shape index (κ1) is 13.5. The Morgan fingerprint density at radius 3 is 2.63 bits per heavy atom. The van der Waals surface area contributed by atoms with Gasteiger partial charge >= 0.3 is 5.69 Å². The van der Waals surface area contributed by atoms with E-state index in [1.165, 1.54) is 6.07 Å². The van der Waals surface area contributed by atoms with Gasteiger partial charge in [0.25, 0.3) is 0 Å². The number of benzene rings is 2. The van der Waals surface area contributed by atoms with Gasteiger partial charge in [0.1, 0.15) is 5.75 Å². The second kappa shape index (κ2) is 5.84. The average Bonchev–Trinajstić information content (AvgIpc) is 2.39. The molecule has 2 rings (SSSR count). The highest BCUT2D eigenvalue weighted by Crippen LogP contribution is 2.34. The summed E-state index contributed by atoms with van der Waals surface area (Å²) in [6.45, 7) is 1.87. The van der Waals surface area contributed by atoms with E-state index >= 15 is 0 Å². The van der Waals surface area contributed by atoms with Gasteiger partial charge in [-0.1, -0.05) is 40.2 Å². The molecule has 19 heavy (non-hydrogen) atoms. The standard InChI is InChI=1S/C14H12BrNO3/c1-10-6-7-12(16(17)18)14(8-10)19-13-5-3-2-4-11(13)9-15/h2-8H,9H2,1H3. The second-order valence-corrected chi connectivity index (χ2v) is 4.63. The molecule has 0 aromatic heterocycles. The van der Waals surface area contributed by atoms with E-state index in [0.29, 0.717) is 11.1 Å². The molecule has 0 spiro atoms. The van der Waals surface area contributed by atoms with Crippen molar-refractivity contribution >= 4 is 21.6 Å². The van der Waals surface area contributed by atoms with Crippen molar-refractivity contribution in [2.24, 2.45) is 0 Å². The summed E-state index contributed by atoms with van der Waals surface area (Å²) in [6.07, 6.45) is 0. The van der Waals surface area contributed by atoms with E-state index in [9.17, 15) is 10.1 Å². The summed E-state index contributed by atoms with van der Waals surface area (Å²) in [5.74, 6) is 0.881. The molecule has 0 aliphatic heterocycles. The van der Waals surface area contributed by atoms with E-state index in [-0.39, 0.29) is 11.4 Å². The molecular formula is C14H12BrNO3. The summed E-state index contributed by atoms with van der Waals surface area (Å²) in [4.78, 5) is 10.6. The Hall–Kier alpha value is -1.88. The number of rotatable bonds is 4. The van der Waals surface area contributed by atoms with Crippen molar-refractivity contribution in [1.29, 1.82) is 0 Å². The summed E-state index contributed by atoms with van der Waals surface area (Å²) < 4.78 is 5.70. The molecule has 0 bridgehead atoms. The topological polar surface area (TPSA) is 52.4 Å². The molecule has 0 saturated heterocycles. The van der Waals surface area contributed by atoms with Crippen LogP contribution in [0.1, 0.15) is 11.1 Å². The third-order valence-corrected chi connectivity index (χ3v) is 3.25. The van der Waals surface area contributed by atoms with Gasteiger partial charge in [-0.25, -0.2) is 0 Å². The summed E-state index contributed by atoms with van der Waals surface area (Å²) >= 11 is 3.37. The van der Waals surface area contributed by atoms with E-state index in [0.717, 1.165) is 11.1 Å². The maximum Gasteiger partial charge on any atom is 0.311 e. The first-order valence-electron chi connectivity index (χ1n) is 5.68. The van der Waals surface area contributed by atoms with Crippen molar-refractivity contribution in [2.75, 3.05) is 0 Å². The van der Waals surface area contributed by atoms with Gasteiger partial charge in [-0.3, -0.25) is 10.1 Å². The molecule has 0 N–H and O–H groups in total. The highest BCUT2D eigenvalue weighted by Gasteiger charge is 2.16. The minimum absolute atomic E-state index is 0.0324. The van der Waals surface area contributed by atoms with E-state index in [4.69, 9.17) is 4.74 Å². The zero-order valence-electron chi connectivity index (χ0n) is 10.3. The van der Waals surface area contributed by atoms with Crippen LogP contribution >= 0.6 is 15.9 Å². The van der Waals surface area contributed by atoms with E-state index < -0.39 is 4.92 Å². The first-order chi connectivity index (χ1) is 9.11. The fraction of sp³-hybridized carbons (Fsp3) is 0.143. The number of nitro groups is 1. The SMILES string of the molecule is Cc1ccc([N+](=O)[O-])c(Oc2ccccc2CBr)c1. The van der Waals surface area contributed by atoms with Crippen LogP contribution in [0.5, 0.6) is 11.5 Å². The fourth-order valence-electron chi connectivity index (χ4n) is 1.69. The monoisotopic (exact) mass is 321 g/mol. The lowest BCUT2D eigenvalue weighted by Gasteiger charge is -2.10. The molecular weight excluding hydrogens is 310 g/mol. The maximum atomic E-state index is 11.0. The predicted molar refractivity (Wildman–Crippen MR) is 77.0 cm³/mol. The lowest BCUT2D eigenvalue weighted by molar-refractivity contribution is -0.385. The summed E-state index contributed by atoms with van der Waals surface area (Å²) in [7, 11) is 0. The third kappa shape index (κ3) is 3.12. The molecule has 98 valence electrons. The highest BCUT2D eigenvalue weighted by atomic mass is 79.9. The Labute approximate surface area is 119 Å². The second-order valence-electron chi connectivity index (χ2n) is 4.07. The van der Waals surface area contributed by atoms with Gasteiger partial charge in [-0.15, -0.1) is 0 Å². The molecule has 0 fully saturated rings. The van der Waals surface area contributed by atoms with Crippen LogP contribution in [0.2, 0.25) is 0 Å². The van der Waals surface area contributed by atoms with Crippen molar-refractivity contribution in [3.63, 3.8) is 0 Å². The van der Waals surface area contributed by atoms with Gasteiger partial charge < -0.3 is 4.74 Å². The van der Waals surface area contributed by atoms with Gasteiger partial charge in [0.2, 0.25) is 5.75 Å². The number of nitrogens with zero attached hydrogens (tertiary/aromatic N) is 1. The van der Waals surface area contributed by atoms with Crippen LogP contribution < -0.4 is 4.74 Å². The van der Waals surface area contributed by atoms with E-state index in [1.807, 2.05) is 25.1 Å². The zero-order chi connectivity index (χ0) is 13.8. The van der Waals surface area contributed by atoms with E-state index in [1.54, 1.807) is 18.2 Å². The Bertz CT molecular complexity index is 613. The van der Waals surface area contributed by atoms with Gasteiger partial charge in [-0.2, -0.15) is 0 Å². The van der Waals surface area contributed by atoms with Crippen molar-refractivity contribution < 1.29 is 9.66 Å². The summed E-state index contributed by atoms with van der Waals surface area (Å²) in [6, 6.07) is 12.3. The van der Waals surface area contributed by atoms with Crippen LogP contribution in [0.15, 0.2) is 42.5 Å². The molecule has 0 saturated carbocycles. The van der Waals surface area contributed by atoms with Crippen molar-refractivity contribution in [3.05, 3.63) is 63.7 Å². The Kier molecular flexibility index (Phi) is 4.16.